The van der Waals surface area contributed by atoms with E-state index >= 15 is 0 Å². The lowest BCUT2D eigenvalue weighted by molar-refractivity contribution is 0.327. The standard InChI is InChI=1S/C14H22ClN/c1-5-14(3,4)10-16-9-12-7-6-11(2)13(15)8-12/h6-8,16H,5,9-10H2,1-4H3. The lowest BCUT2D eigenvalue weighted by Crippen LogP contribution is -2.28. The summed E-state index contributed by atoms with van der Waals surface area (Å²) in [6.45, 7) is 10.7. The van der Waals surface area contributed by atoms with E-state index in [0.717, 1.165) is 23.7 Å². The van der Waals surface area contributed by atoms with E-state index in [-0.39, 0.29) is 0 Å². The molecule has 1 N–H and O–H groups in total. The second-order valence-electron chi connectivity index (χ2n) is 5.20. The van der Waals surface area contributed by atoms with E-state index in [0.29, 0.717) is 5.41 Å². The molecule has 0 radical (unpaired) electrons. The Labute approximate surface area is 104 Å². The van der Waals surface area contributed by atoms with Gasteiger partial charge in [0, 0.05) is 18.1 Å². The first-order valence-corrected chi connectivity index (χ1v) is 6.28. The van der Waals surface area contributed by atoms with Crippen LogP contribution < -0.4 is 5.32 Å². The van der Waals surface area contributed by atoms with Crippen LogP contribution in [0.4, 0.5) is 0 Å². The fourth-order valence-electron chi connectivity index (χ4n) is 1.42. The molecule has 0 spiro atoms. The van der Waals surface area contributed by atoms with E-state index in [1.54, 1.807) is 0 Å². The van der Waals surface area contributed by atoms with Gasteiger partial charge in [0.05, 0.1) is 0 Å². The SMILES string of the molecule is CCC(C)(C)CNCc1ccc(C)c(Cl)c1. The maximum Gasteiger partial charge on any atom is 0.0438 e. The maximum absolute atomic E-state index is 6.08. The van der Waals surface area contributed by atoms with Crippen molar-refractivity contribution in [1.29, 1.82) is 0 Å². The van der Waals surface area contributed by atoms with Gasteiger partial charge >= 0.3 is 0 Å². The van der Waals surface area contributed by atoms with Gasteiger partial charge in [0.2, 0.25) is 0 Å². The van der Waals surface area contributed by atoms with Crippen LogP contribution in [-0.4, -0.2) is 6.54 Å². The summed E-state index contributed by atoms with van der Waals surface area (Å²) in [6.07, 6.45) is 1.19. The lowest BCUT2D eigenvalue weighted by Gasteiger charge is -2.23. The first-order valence-electron chi connectivity index (χ1n) is 5.90. The summed E-state index contributed by atoms with van der Waals surface area (Å²) in [6, 6.07) is 6.25. The number of hydrogen-bond donors (Lipinski definition) is 1. The first-order chi connectivity index (χ1) is 7.44. The number of aryl methyl sites for hydroxylation is 1. The number of nitrogens with one attached hydrogen (secondary N) is 1. The van der Waals surface area contributed by atoms with Crippen LogP contribution in [0.25, 0.3) is 0 Å². The predicted octanol–water partition coefficient (Wildman–Crippen LogP) is 4.17. The van der Waals surface area contributed by atoms with E-state index in [2.05, 4.69) is 38.2 Å². The van der Waals surface area contributed by atoms with Crippen LogP contribution >= 0.6 is 11.6 Å². The largest absolute Gasteiger partial charge is 0.312 e. The van der Waals surface area contributed by atoms with Crippen LogP contribution in [0.15, 0.2) is 18.2 Å². The Morgan fingerprint density at radius 2 is 2.00 bits per heavy atom. The molecule has 0 unspecified atom stereocenters. The molecule has 1 nitrogen and oxygen atoms in total. The van der Waals surface area contributed by atoms with Crippen molar-refractivity contribution in [3.05, 3.63) is 34.3 Å². The second kappa shape index (κ2) is 5.70. The Balaban J connectivity index is 2.46. The zero-order chi connectivity index (χ0) is 12.2. The van der Waals surface area contributed by atoms with Crippen LogP contribution in [0.5, 0.6) is 0 Å². The van der Waals surface area contributed by atoms with Crippen LogP contribution in [0.2, 0.25) is 5.02 Å². The van der Waals surface area contributed by atoms with Gasteiger partial charge in [-0.15, -0.1) is 0 Å². The Morgan fingerprint density at radius 3 is 2.56 bits per heavy atom. The summed E-state index contributed by atoms with van der Waals surface area (Å²) < 4.78 is 0. The Bertz CT molecular complexity index is 345. The van der Waals surface area contributed by atoms with Crippen molar-refractivity contribution in [3.8, 4) is 0 Å². The van der Waals surface area contributed by atoms with Crippen molar-refractivity contribution >= 4 is 11.6 Å². The zero-order valence-corrected chi connectivity index (χ0v) is 11.5. The molecule has 2 heteroatoms. The Kier molecular flexibility index (Phi) is 4.82. The topological polar surface area (TPSA) is 12.0 Å². The zero-order valence-electron chi connectivity index (χ0n) is 10.7. The second-order valence-corrected chi connectivity index (χ2v) is 5.61. The highest BCUT2D eigenvalue weighted by Gasteiger charge is 2.13. The minimum atomic E-state index is 0.370. The average Bonchev–Trinajstić information content (AvgIpc) is 2.23. The van der Waals surface area contributed by atoms with Gasteiger partial charge in [-0.3, -0.25) is 0 Å². The van der Waals surface area contributed by atoms with Gasteiger partial charge in [-0.2, -0.15) is 0 Å². The van der Waals surface area contributed by atoms with Crippen molar-refractivity contribution in [1.82, 2.24) is 5.32 Å². The number of rotatable bonds is 5. The Hall–Kier alpha value is -0.530. The minimum Gasteiger partial charge on any atom is -0.312 e. The average molecular weight is 240 g/mol. The maximum atomic E-state index is 6.08. The molecule has 0 aromatic heterocycles. The van der Waals surface area contributed by atoms with E-state index < -0.39 is 0 Å². The fraction of sp³-hybridized carbons (Fsp3) is 0.571. The third kappa shape index (κ3) is 4.15. The van der Waals surface area contributed by atoms with Crippen molar-refractivity contribution in [2.24, 2.45) is 5.41 Å². The van der Waals surface area contributed by atoms with Crippen molar-refractivity contribution < 1.29 is 0 Å². The lowest BCUT2D eigenvalue weighted by atomic mass is 9.90. The summed E-state index contributed by atoms with van der Waals surface area (Å²) in [5.41, 5.74) is 2.76. The van der Waals surface area contributed by atoms with Crippen LogP contribution in [0.1, 0.15) is 38.3 Å². The molecule has 0 bridgehead atoms. The van der Waals surface area contributed by atoms with E-state index in [4.69, 9.17) is 11.6 Å². The van der Waals surface area contributed by atoms with Gasteiger partial charge in [0.1, 0.15) is 0 Å². The van der Waals surface area contributed by atoms with Gasteiger partial charge in [-0.05, 0) is 36.0 Å². The molecule has 0 atom stereocenters. The summed E-state index contributed by atoms with van der Waals surface area (Å²) in [5, 5.41) is 4.34. The van der Waals surface area contributed by atoms with E-state index in [1.807, 2.05) is 13.0 Å². The molecule has 0 fully saturated rings. The summed E-state index contributed by atoms with van der Waals surface area (Å²) in [5.74, 6) is 0. The molecule has 0 saturated carbocycles. The third-order valence-electron chi connectivity index (χ3n) is 3.13. The molecule has 90 valence electrons. The van der Waals surface area contributed by atoms with Crippen LogP contribution in [0.3, 0.4) is 0 Å². The van der Waals surface area contributed by atoms with E-state index in [1.165, 1.54) is 12.0 Å². The molecule has 1 aromatic carbocycles. The molecule has 0 amide bonds. The summed E-state index contributed by atoms with van der Waals surface area (Å²) >= 11 is 6.08. The van der Waals surface area contributed by atoms with E-state index in [9.17, 15) is 0 Å². The predicted molar refractivity (Wildman–Crippen MR) is 72.0 cm³/mol. The van der Waals surface area contributed by atoms with Crippen molar-refractivity contribution in [2.45, 2.75) is 40.7 Å². The monoisotopic (exact) mass is 239 g/mol. The van der Waals surface area contributed by atoms with Crippen molar-refractivity contribution in [2.75, 3.05) is 6.54 Å². The summed E-state index contributed by atoms with van der Waals surface area (Å²) in [7, 11) is 0. The summed E-state index contributed by atoms with van der Waals surface area (Å²) in [4.78, 5) is 0. The molecule has 0 aliphatic heterocycles. The highest BCUT2D eigenvalue weighted by molar-refractivity contribution is 6.31. The van der Waals surface area contributed by atoms with Gasteiger partial charge in [-0.1, -0.05) is 44.5 Å². The number of hydrogen-bond acceptors (Lipinski definition) is 1. The number of halogens is 1. The smallest absolute Gasteiger partial charge is 0.0438 e. The van der Waals surface area contributed by atoms with Gasteiger partial charge in [0.25, 0.3) is 0 Å². The molecule has 1 rings (SSSR count). The fourth-order valence-corrected chi connectivity index (χ4v) is 1.62. The van der Waals surface area contributed by atoms with Gasteiger partial charge in [0.15, 0.2) is 0 Å². The third-order valence-corrected chi connectivity index (χ3v) is 3.53. The molecule has 0 aliphatic carbocycles. The molecule has 0 aliphatic rings. The van der Waals surface area contributed by atoms with Crippen LogP contribution in [-0.2, 0) is 6.54 Å². The molecule has 0 heterocycles. The molecule has 0 saturated heterocycles. The highest BCUT2D eigenvalue weighted by atomic mass is 35.5. The molecular formula is C14H22ClN. The first kappa shape index (κ1) is 13.5. The van der Waals surface area contributed by atoms with Crippen molar-refractivity contribution in [3.63, 3.8) is 0 Å². The molecule has 1 aromatic rings. The van der Waals surface area contributed by atoms with Gasteiger partial charge < -0.3 is 5.32 Å². The molecule has 16 heavy (non-hydrogen) atoms. The van der Waals surface area contributed by atoms with Gasteiger partial charge in [-0.25, -0.2) is 0 Å². The molecular weight excluding hydrogens is 218 g/mol. The quantitative estimate of drug-likeness (QED) is 0.813. The van der Waals surface area contributed by atoms with Crippen LogP contribution in [0, 0.1) is 12.3 Å². The number of benzene rings is 1. The normalized spacial score (nSPS) is 11.8. The Morgan fingerprint density at radius 1 is 1.31 bits per heavy atom. The minimum absolute atomic E-state index is 0.370. The highest BCUT2D eigenvalue weighted by Crippen LogP contribution is 2.19.